The van der Waals surface area contributed by atoms with Crippen LogP contribution in [0.2, 0.25) is 0 Å². The van der Waals surface area contributed by atoms with E-state index < -0.39 is 0 Å². The van der Waals surface area contributed by atoms with Crippen molar-refractivity contribution in [1.82, 2.24) is 14.8 Å². The van der Waals surface area contributed by atoms with Gasteiger partial charge in [0.05, 0.1) is 5.69 Å². The van der Waals surface area contributed by atoms with E-state index in [-0.39, 0.29) is 0 Å². The number of aromatic nitrogens is 3. The van der Waals surface area contributed by atoms with Gasteiger partial charge in [-0.25, -0.2) is 9.67 Å². The molecule has 15 heavy (non-hydrogen) atoms. The molecule has 0 aliphatic heterocycles. The molecule has 5 heteroatoms. The highest BCUT2D eigenvalue weighted by Crippen LogP contribution is 2.09. The van der Waals surface area contributed by atoms with Gasteiger partial charge < -0.3 is 5.32 Å². The van der Waals surface area contributed by atoms with E-state index in [9.17, 15) is 0 Å². The molecule has 0 aliphatic rings. The van der Waals surface area contributed by atoms with Gasteiger partial charge in [-0.2, -0.15) is 10.4 Å². The summed E-state index contributed by atoms with van der Waals surface area (Å²) in [7, 11) is 1.81. The SMILES string of the molecule is CNc1ccn(-c2ccnc(C#N)c2)n1. The molecule has 74 valence electrons. The van der Waals surface area contributed by atoms with E-state index in [2.05, 4.69) is 15.4 Å². The van der Waals surface area contributed by atoms with Crippen LogP contribution in [0.25, 0.3) is 5.69 Å². The first-order valence-corrected chi connectivity index (χ1v) is 4.43. The summed E-state index contributed by atoms with van der Waals surface area (Å²) in [5, 5.41) is 15.9. The van der Waals surface area contributed by atoms with Gasteiger partial charge in [0.1, 0.15) is 17.6 Å². The van der Waals surface area contributed by atoms with Gasteiger partial charge in [-0.05, 0) is 6.07 Å². The Labute approximate surface area is 87.0 Å². The fraction of sp³-hybridized carbons (Fsp3) is 0.100. The molecule has 0 radical (unpaired) electrons. The predicted molar refractivity (Wildman–Crippen MR) is 55.6 cm³/mol. The number of nitrogens with one attached hydrogen (secondary N) is 1. The molecule has 0 saturated carbocycles. The van der Waals surface area contributed by atoms with Gasteiger partial charge in [0, 0.05) is 31.6 Å². The molecule has 0 saturated heterocycles. The van der Waals surface area contributed by atoms with E-state index in [0.29, 0.717) is 5.69 Å². The van der Waals surface area contributed by atoms with Crippen molar-refractivity contribution in [3.63, 3.8) is 0 Å². The van der Waals surface area contributed by atoms with E-state index in [1.165, 1.54) is 0 Å². The second-order valence-electron chi connectivity index (χ2n) is 2.91. The third kappa shape index (κ3) is 1.79. The normalized spacial score (nSPS) is 9.60. The van der Waals surface area contributed by atoms with Crippen molar-refractivity contribution < 1.29 is 0 Å². The minimum Gasteiger partial charge on any atom is -0.372 e. The zero-order chi connectivity index (χ0) is 10.7. The Bertz CT molecular complexity index is 509. The van der Waals surface area contributed by atoms with Crippen molar-refractivity contribution >= 4 is 5.82 Å². The summed E-state index contributed by atoms with van der Waals surface area (Å²) in [5.74, 6) is 0.783. The number of nitriles is 1. The van der Waals surface area contributed by atoms with Crippen LogP contribution in [-0.2, 0) is 0 Å². The minimum absolute atomic E-state index is 0.383. The summed E-state index contributed by atoms with van der Waals surface area (Å²) < 4.78 is 1.69. The monoisotopic (exact) mass is 199 g/mol. The highest BCUT2D eigenvalue weighted by molar-refractivity contribution is 5.39. The Morgan fingerprint density at radius 1 is 1.47 bits per heavy atom. The summed E-state index contributed by atoms with van der Waals surface area (Å²) in [6.07, 6.45) is 3.41. The van der Waals surface area contributed by atoms with Crippen molar-refractivity contribution in [2.45, 2.75) is 0 Å². The minimum atomic E-state index is 0.383. The Morgan fingerprint density at radius 2 is 2.33 bits per heavy atom. The van der Waals surface area contributed by atoms with Gasteiger partial charge in [-0.15, -0.1) is 0 Å². The summed E-state index contributed by atoms with van der Waals surface area (Å²) >= 11 is 0. The van der Waals surface area contributed by atoms with E-state index in [1.807, 2.05) is 18.3 Å². The maximum atomic E-state index is 8.71. The molecule has 0 fully saturated rings. The number of hydrogen-bond donors (Lipinski definition) is 1. The molecule has 2 heterocycles. The zero-order valence-electron chi connectivity index (χ0n) is 8.18. The molecule has 0 atom stereocenters. The molecule has 0 amide bonds. The lowest BCUT2D eigenvalue weighted by molar-refractivity contribution is 0.879. The summed E-state index contributed by atoms with van der Waals surface area (Å²) in [4.78, 5) is 3.89. The van der Waals surface area contributed by atoms with E-state index in [1.54, 1.807) is 30.1 Å². The van der Waals surface area contributed by atoms with Crippen molar-refractivity contribution in [2.24, 2.45) is 0 Å². The van der Waals surface area contributed by atoms with Crippen LogP contribution < -0.4 is 5.32 Å². The number of rotatable bonds is 2. The predicted octanol–water partition coefficient (Wildman–Crippen LogP) is 1.18. The highest BCUT2D eigenvalue weighted by Gasteiger charge is 2.00. The topological polar surface area (TPSA) is 66.5 Å². The first-order valence-electron chi connectivity index (χ1n) is 4.43. The van der Waals surface area contributed by atoms with Crippen molar-refractivity contribution in [2.75, 3.05) is 12.4 Å². The van der Waals surface area contributed by atoms with Gasteiger partial charge in [-0.1, -0.05) is 0 Å². The molecule has 5 nitrogen and oxygen atoms in total. The molecular weight excluding hydrogens is 190 g/mol. The highest BCUT2D eigenvalue weighted by atomic mass is 15.3. The largest absolute Gasteiger partial charge is 0.372 e. The van der Waals surface area contributed by atoms with Crippen molar-refractivity contribution in [3.8, 4) is 11.8 Å². The molecule has 0 aliphatic carbocycles. The van der Waals surface area contributed by atoms with E-state index in [4.69, 9.17) is 5.26 Å². The van der Waals surface area contributed by atoms with Gasteiger partial charge in [-0.3, -0.25) is 0 Å². The number of nitrogens with zero attached hydrogens (tertiary/aromatic N) is 4. The lowest BCUT2D eigenvalue weighted by Crippen LogP contribution is -1.97. The van der Waals surface area contributed by atoms with Crippen LogP contribution in [-0.4, -0.2) is 21.8 Å². The molecule has 0 bridgehead atoms. The fourth-order valence-electron chi connectivity index (χ4n) is 1.22. The quantitative estimate of drug-likeness (QED) is 0.788. The van der Waals surface area contributed by atoms with Crippen LogP contribution in [0.1, 0.15) is 5.69 Å². The first-order chi connectivity index (χ1) is 7.33. The van der Waals surface area contributed by atoms with Crippen LogP contribution in [0.3, 0.4) is 0 Å². The Balaban J connectivity index is 2.41. The third-order valence-corrected chi connectivity index (χ3v) is 1.97. The van der Waals surface area contributed by atoms with Gasteiger partial charge >= 0.3 is 0 Å². The fourth-order valence-corrected chi connectivity index (χ4v) is 1.22. The Morgan fingerprint density at radius 3 is 3.00 bits per heavy atom. The number of anilines is 1. The van der Waals surface area contributed by atoms with Gasteiger partial charge in [0.15, 0.2) is 0 Å². The van der Waals surface area contributed by atoms with Crippen LogP contribution in [0.5, 0.6) is 0 Å². The summed E-state index contributed by atoms with van der Waals surface area (Å²) in [6, 6.07) is 7.33. The number of pyridine rings is 1. The van der Waals surface area contributed by atoms with E-state index >= 15 is 0 Å². The maximum absolute atomic E-state index is 8.71. The van der Waals surface area contributed by atoms with Crippen LogP contribution in [0.15, 0.2) is 30.6 Å². The van der Waals surface area contributed by atoms with Crippen molar-refractivity contribution in [1.29, 1.82) is 5.26 Å². The van der Waals surface area contributed by atoms with Crippen LogP contribution in [0.4, 0.5) is 5.82 Å². The lowest BCUT2D eigenvalue weighted by atomic mass is 10.3. The average Bonchev–Trinajstić information content (AvgIpc) is 2.78. The summed E-state index contributed by atoms with van der Waals surface area (Å²) in [5.41, 5.74) is 1.21. The van der Waals surface area contributed by atoms with E-state index in [0.717, 1.165) is 11.5 Å². The summed E-state index contributed by atoms with van der Waals surface area (Å²) in [6.45, 7) is 0. The average molecular weight is 199 g/mol. The molecule has 0 spiro atoms. The standard InChI is InChI=1S/C10H9N5/c1-12-10-3-5-15(14-10)9-2-4-13-8(6-9)7-11/h2-6H,1H3,(H,12,14). The van der Waals surface area contributed by atoms with Gasteiger partial charge in [0.25, 0.3) is 0 Å². The molecule has 0 unspecified atom stereocenters. The molecule has 2 aromatic heterocycles. The van der Waals surface area contributed by atoms with Crippen molar-refractivity contribution in [3.05, 3.63) is 36.3 Å². The maximum Gasteiger partial charge on any atom is 0.148 e. The molecule has 1 N–H and O–H groups in total. The number of hydrogen-bond acceptors (Lipinski definition) is 4. The van der Waals surface area contributed by atoms with Crippen LogP contribution in [0, 0.1) is 11.3 Å². The first kappa shape index (κ1) is 9.21. The molecule has 2 rings (SSSR count). The van der Waals surface area contributed by atoms with Crippen LogP contribution >= 0.6 is 0 Å². The smallest absolute Gasteiger partial charge is 0.148 e. The second kappa shape index (κ2) is 3.80. The Hall–Kier alpha value is -2.35. The molecular formula is C10H9N5. The second-order valence-corrected chi connectivity index (χ2v) is 2.91. The molecule has 2 aromatic rings. The lowest BCUT2D eigenvalue weighted by Gasteiger charge is -2.00. The van der Waals surface area contributed by atoms with Gasteiger partial charge in [0.2, 0.25) is 0 Å². The third-order valence-electron chi connectivity index (χ3n) is 1.97. The zero-order valence-corrected chi connectivity index (χ0v) is 8.18. The molecule has 0 aromatic carbocycles. The Kier molecular flexibility index (Phi) is 2.33.